The smallest absolute Gasteiger partial charge is 0.407 e. The van der Waals surface area contributed by atoms with Crippen molar-refractivity contribution in [2.45, 2.75) is 25.3 Å². The van der Waals surface area contributed by atoms with Crippen LogP contribution in [-0.2, 0) is 4.74 Å². The number of hydrogen-bond acceptors (Lipinski definition) is 4. The van der Waals surface area contributed by atoms with Gasteiger partial charge in [-0.1, -0.05) is 0 Å². The summed E-state index contributed by atoms with van der Waals surface area (Å²) in [5, 5.41) is 14.2. The molecule has 0 aromatic carbocycles. The Hall–Kier alpha value is -0.810. The lowest BCUT2D eigenvalue weighted by atomic mass is 10.2. The molecule has 1 aliphatic rings. The zero-order valence-corrected chi connectivity index (χ0v) is 8.29. The summed E-state index contributed by atoms with van der Waals surface area (Å²) in [5.74, 6) is 0. The SMILES string of the molecule is O=C(NCCO)OCCC1CCCN1. The molecule has 0 radical (unpaired) electrons. The Morgan fingerprint density at radius 1 is 1.64 bits per heavy atom. The fourth-order valence-electron chi connectivity index (χ4n) is 1.51. The summed E-state index contributed by atoms with van der Waals surface area (Å²) in [6.07, 6.45) is 2.80. The Bertz CT molecular complexity index is 169. The van der Waals surface area contributed by atoms with Crippen LogP contribution in [0.3, 0.4) is 0 Å². The van der Waals surface area contributed by atoms with Crippen LogP contribution >= 0.6 is 0 Å². The number of alkyl carbamates (subject to hydrolysis) is 1. The molecule has 1 amide bonds. The summed E-state index contributed by atoms with van der Waals surface area (Å²) in [6.45, 7) is 1.70. The van der Waals surface area contributed by atoms with Gasteiger partial charge in [0, 0.05) is 12.6 Å². The molecule has 0 aromatic heterocycles. The van der Waals surface area contributed by atoms with E-state index in [4.69, 9.17) is 9.84 Å². The molecule has 5 nitrogen and oxygen atoms in total. The Morgan fingerprint density at radius 2 is 2.50 bits per heavy atom. The van der Waals surface area contributed by atoms with Gasteiger partial charge in [0.05, 0.1) is 13.2 Å². The van der Waals surface area contributed by atoms with E-state index in [1.165, 1.54) is 12.8 Å². The van der Waals surface area contributed by atoms with Gasteiger partial charge >= 0.3 is 6.09 Å². The normalized spacial score (nSPS) is 20.8. The standard InChI is InChI=1S/C9H18N2O3/c12-6-5-11-9(13)14-7-3-8-2-1-4-10-8/h8,10,12H,1-7H2,(H,11,13). The first-order chi connectivity index (χ1) is 6.83. The van der Waals surface area contributed by atoms with Crippen molar-refractivity contribution in [3.05, 3.63) is 0 Å². The van der Waals surface area contributed by atoms with Crippen molar-refractivity contribution in [1.82, 2.24) is 10.6 Å². The van der Waals surface area contributed by atoms with Crippen molar-refractivity contribution in [3.63, 3.8) is 0 Å². The van der Waals surface area contributed by atoms with Gasteiger partial charge < -0.3 is 20.5 Å². The molecule has 82 valence electrons. The molecule has 1 fully saturated rings. The summed E-state index contributed by atoms with van der Waals surface area (Å²) >= 11 is 0. The average molecular weight is 202 g/mol. The number of carbonyl (C=O) groups is 1. The average Bonchev–Trinajstić information content (AvgIpc) is 2.67. The number of rotatable bonds is 5. The Labute approximate surface area is 83.8 Å². The van der Waals surface area contributed by atoms with Crippen molar-refractivity contribution >= 4 is 6.09 Å². The van der Waals surface area contributed by atoms with Crippen LogP contribution in [0, 0.1) is 0 Å². The van der Waals surface area contributed by atoms with Gasteiger partial charge in [-0.2, -0.15) is 0 Å². The summed E-state index contributed by atoms with van der Waals surface area (Å²) < 4.78 is 4.90. The monoisotopic (exact) mass is 202 g/mol. The Morgan fingerprint density at radius 3 is 3.14 bits per heavy atom. The minimum absolute atomic E-state index is 0.0563. The van der Waals surface area contributed by atoms with Crippen molar-refractivity contribution in [3.8, 4) is 0 Å². The molecule has 1 atom stereocenters. The van der Waals surface area contributed by atoms with Crippen LogP contribution in [0.15, 0.2) is 0 Å². The van der Waals surface area contributed by atoms with Crippen LogP contribution in [0.2, 0.25) is 0 Å². The molecule has 14 heavy (non-hydrogen) atoms. The molecule has 0 bridgehead atoms. The van der Waals surface area contributed by atoms with E-state index in [-0.39, 0.29) is 13.2 Å². The van der Waals surface area contributed by atoms with Gasteiger partial charge in [0.1, 0.15) is 0 Å². The lowest BCUT2D eigenvalue weighted by Crippen LogP contribution is -2.29. The zero-order valence-electron chi connectivity index (χ0n) is 8.29. The molecule has 0 aliphatic carbocycles. The molecule has 1 unspecified atom stereocenters. The van der Waals surface area contributed by atoms with Gasteiger partial charge in [0.25, 0.3) is 0 Å². The summed E-state index contributed by atoms with van der Waals surface area (Å²) in [7, 11) is 0. The van der Waals surface area contributed by atoms with Gasteiger partial charge in [-0.15, -0.1) is 0 Å². The summed E-state index contributed by atoms with van der Waals surface area (Å²) in [4.78, 5) is 10.9. The maximum atomic E-state index is 10.9. The molecule has 5 heteroatoms. The van der Waals surface area contributed by atoms with Crippen LogP contribution in [0.4, 0.5) is 4.79 Å². The molecule has 1 heterocycles. The largest absolute Gasteiger partial charge is 0.450 e. The maximum Gasteiger partial charge on any atom is 0.407 e. The molecule has 3 N–H and O–H groups in total. The summed E-state index contributed by atoms with van der Waals surface area (Å²) in [6, 6.07) is 0.501. The van der Waals surface area contributed by atoms with E-state index >= 15 is 0 Å². The van der Waals surface area contributed by atoms with Crippen molar-refractivity contribution < 1.29 is 14.6 Å². The highest BCUT2D eigenvalue weighted by atomic mass is 16.5. The second-order valence-corrected chi connectivity index (χ2v) is 3.37. The number of aliphatic hydroxyl groups is 1. The number of ether oxygens (including phenoxy) is 1. The van der Waals surface area contributed by atoms with E-state index in [2.05, 4.69) is 10.6 Å². The predicted octanol–water partition coefficient (Wildman–Crippen LogP) is -0.153. The van der Waals surface area contributed by atoms with Crippen LogP contribution in [0.5, 0.6) is 0 Å². The molecule has 1 saturated heterocycles. The maximum absolute atomic E-state index is 10.9. The first-order valence-corrected chi connectivity index (χ1v) is 5.08. The topological polar surface area (TPSA) is 70.6 Å². The number of amides is 1. The van der Waals surface area contributed by atoms with Crippen LogP contribution < -0.4 is 10.6 Å². The van der Waals surface area contributed by atoms with Gasteiger partial charge in [-0.3, -0.25) is 0 Å². The van der Waals surface area contributed by atoms with Crippen LogP contribution in [0.25, 0.3) is 0 Å². The first-order valence-electron chi connectivity index (χ1n) is 5.08. The number of nitrogens with one attached hydrogen (secondary N) is 2. The molecule has 1 rings (SSSR count). The van der Waals surface area contributed by atoms with Crippen LogP contribution in [0.1, 0.15) is 19.3 Å². The highest BCUT2D eigenvalue weighted by molar-refractivity contribution is 5.66. The van der Waals surface area contributed by atoms with E-state index < -0.39 is 6.09 Å². The molecule has 0 spiro atoms. The highest BCUT2D eigenvalue weighted by Gasteiger charge is 2.13. The Kier molecular flexibility index (Phi) is 5.32. The minimum Gasteiger partial charge on any atom is -0.450 e. The van der Waals surface area contributed by atoms with E-state index in [0.29, 0.717) is 12.6 Å². The quantitative estimate of drug-likeness (QED) is 0.579. The predicted molar refractivity (Wildman–Crippen MR) is 52.1 cm³/mol. The molecular formula is C9H18N2O3. The lowest BCUT2D eigenvalue weighted by Gasteiger charge is -2.10. The number of hydrogen-bond donors (Lipinski definition) is 3. The Balaban J connectivity index is 1.94. The third-order valence-electron chi connectivity index (χ3n) is 2.24. The minimum atomic E-state index is -0.447. The second-order valence-electron chi connectivity index (χ2n) is 3.37. The van der Waals surface area contributed by atoms with Gasteiger partial charge in [-0.25, -0.2) is 4.79 Å². The van der Waals surface area contributed by atoms with E-state index in [0.717, 1.165) is 13.0 Å². The number of carbonyl (C=O) groups excluding carboxylic acids is 1. The van der Waals surface area contributed by atoms with Gasteiger partial charge in [0.2, 0.25) is 0 Å². The number of aliphatic hydroxyl groups excluding tert-OH is 1. The van der Waals surface area contributed by atoms with Gasteiger partial charge in [0.15, 0.2) is 0 Å². The third kappa shape index (κ3) is 4.43. The highest BCUT2D eigenvalue weighted by Crippen LogP contribution is 2.08. The van der Waals surface area contributed by atoms with E-state index in [1.807, 2.05) is 0 Å². The van der Waals surface area contributed by atoms with Crippen molar-refractivity contribution in [2.24, 2.45) is 0 Å². The van der Waals surface area contributed by atoms with E-state index in [9.17, 15) is 4.79 Å². The molecule has 1 aliphatic heterocycles. The first kappa shape index (κ1) is 11.3. The third-order valence-corrected chi connectivity index (χ3v) is 2.24. The molecule has 0 aromatic rings. The van der Waals surface area contributed by atoms with Crippen LogP contribution in [-0.4, -0.2) is 43.5 Å². The molecule has 0 saturated carbocycles. The molecular weight excluding hydrogens is 184 g/mol. The van der Waals surface area contributed by atoms with Gasteiger partial charge in [-0.05, 0) is 25.8 Å². The summed E-state index contributed by atoms with van der Waals surface area (Å²) in [5.41, 5.74) is 0. The zero-order chi connectivity index (χ0) is 10.2. The fraction of sp³-hybridized carbons (Fsp3) is 0.889. The fourth-order valence-corrected chi connectivity index (χ4v) is 1.51. The lowest BCUT2D eigenvalue weighted by molar-refractivity contribution is 0.139. The van der Waals surface area contributed by atoms with Crippen molar-refractivity contribution in [1.29, 1.82) is 0 Å². The van der Waals surface area contributed by atoms with E-state index in [1.54, 1.807) is 0 Å². The van der Waals surface area contributed by atoms with Crippen molar-refractivity contribution in [2.75, 3.05) is 26.3 Å². The second kappa shape index (κ2) is 6.62.